The first-order chi connectivity index (χ1) is 9.81. The summed E-state index contributed by atoms with van der Waals surface area (Å²) >= 11 is 0. The van der Waals surface area contributed by atoms with Crippen molar-refractivity contribution in [3.63, 3.8) is 0 Å². The van der Waals surface area contributed by atoms with Gasteiger partial charge in [-0.1, -0.05) is 6.07 Å². The Bertz CT molecular complexity index is 377. The minimum atomic E-state index is -0.00765. The standard InChI is InChI=1S/C15H25NO4.ClH/c1-3-19-9-4-7-16-12-13-5-6-14(20-10-8-17)15(11-13)18-2;/h5-6,11,16-17H,3-4,7-10,12H2,1-2H3;1H. The summed E-state index contributed by atoms with van der Waals surface area (Å²) in [5, 5.41) is 12.1. The number of aliphatic hydroxyl groups excluding tert-OH is 1. The topological polar surface area (TPSA) is 60.0 Å². The van der Waals surface area contributed by atoms with Gasteiger partial charge in [-0.15, -0.1) is 12.4 Å². The molecule has 122 valence electrons. The van der Waals surface area contributed by atoms with E-state index in [9.17, 15) is 0 Å². The van der Waals surface area contributed by atoms with Crippen LogP contribution in [0.4, 0.5) is 0 Å². The summed E-state index contributed by atoms with van der Waals surface area (Å²) in [6.07, 6.45) is 1.00. The van der Waals surface area contributed by atoms with Gasteiger partial charge in [-0.05, 0) is 37.6 Å². The molecule has 0 aliphatic rings. The first-order valence-electron chi connectivity index (χ1n) is 7.00. The molecule has 0 heterocycles. The molecule has 1 rings (SSSR count). The Hall–Kier alpha value is -1.01. The minimum Gasteiger partial charge on any atom is -0.493 e. The lowest BCUT2D eigenvalue weighted by molar-refractivity contribution is 0.144. The van der Waals surface area contributed by atoms with E-state index in [1.807, 2.05) is 25.1 Å². The third-order valence-electron chi connectivity index (χ3n) is 2.75. The average molecular weight is 320 g/mol. The molecule has 21 heavy (non-hydrogen) atoms. The molecular weight excluding hydrogens is 294 g/mol. The molecule has 2 N–H and O–H groups in total. The zero-order valence-electron chi connectivity index (χ0n) is 12.8. The van der Waals surface area contributed by atoms with Gasteiger partial charge in [0.25, 0.3) is 0 Å². The number of hydrogen-bond donors (Lipinski definition) is 2. The summed E-state index contributed by atoms with van der Waals surface area (Å²) in [5.41, 5.74) is 1.13. The molecule has 0 saturated heterocycles. The van der Waals surface area contributed by atoms with Crippen molar-refractivity contribution in [2.75, 3.05) is 40.1 Å². The molecule has 0 bridgehead atoms. The van der Waals surface area contributed by atoms with E-state index in [1.165, 1.54) is 0 Å². The van der Waals surface area contributed by atoms with E-state index < -0.39 is 0 Å². The van der Waals surface area contributed by atoms with Gasteiger partial charge in [-0.2, -0.15) is 0 Å². The second kappa shape index (κ2) is 12.7. The van der Waals surface area contributed by atoms with Crippen LogP contribution in [0.2, 0.25) is 0 Å². The van der Waals surface area contributed by atoms with Gasteiger partial charge in [0.05, 0.1) is 13.7 Å². The molecule has 0 aliphatic heterocycles. The van der Waals surface area contributed by atoms with Crippen molar-refractivity contribution >= 4 is 12.4 Å². The summed E-state index contributed by atoms with van der Waals surface area (Å²) < 4.78 is 16.0. The molecule has 0 spiro atoms. The molecular formula is C15H26ClNO4. The van der Waals surface area contributed by atoms with Crippen molar-refractivity contribution in [2.24, 2.45) is 0 Å². The first-order valence-corrected chi connectivity index (χ1v) is 7.00. The molecule has 0 unspecified atom stereocenters. The van der Waals surface area contributed by atoms with Gasteiger partial charge >= 0.3 is 0 Å². The van der Waals surface area contributed by atoms with Crippen molar-refractivity contribution in [3.8, 4) is 11.5 Å². The van der Waals surface area contributed by atoms with Crippen LogP contribution in [-0.2, 0) is 11.3 Å². The van der Waals surface area contributed by atoms with E-state index in [1.54, 1.807) is 7.11 Å². The second-order valence-electron chi connectivity index (χ2n) is 4.28. The molecule has 0 aromatic heterocycles. The Morgan fingerprint density at radius 2 is 2.00 bits per heavy atom. The molecule has 0 fully saturated rings. The highest BCUT2D eigenvalue weighted by Crippen LogP contribution is 2.27. The van der Waals surface area contributed by atoms with Gasteiger partial charge < -0.3 is 24.6 Å². The largest absolute Gasteiger partial charge is 0.493 e. The number of halogens is 1. The molecule has 1 aromatic carbocycles. The molecule has 0 radical (unpaired) electrons. The van der Waals surface area contributed by atoms with E-state index in [4.69, 9.17) is 19.3 Å². The SMILES string of the molecule is CCOCCCNCc1ccc(OCCO)c(OC)c1.Cl. The number of ether oxygens (including phenoxy) is 3. The van der Waals surface area contributed by atoms with Crippen molar-refractivity contribution in [1.82, 2.24) is 5.32 Å². The molecule has 6 heteroatoms. The molecule has 0 amide bonds. The van der Waals surface area contributed by atoms with Gasteiger partial charge in [-0.3, -0.25) is 0 Å². The molecule has 0 saturated carbocycles. The smallest absolute Gasteiger partial charge is 0.161 e. The molecule has 0 aliphatic carbocycles. The third kappa shape index (κ3) is 8.12. The maximum Gasteiger partial charge on any atom is 0.161 e. The predicted molar refractivity (Wildman–Crippen MR) is 85.6 cm³/mol. The summed E-state index contributed by atoms with van der Waals surface area (Å²) in [6.45, 7) is 5.53. The van der Waals surface area contributed by atoms with Crippen LogP contribution in [0.25, 0.3) is 0 Å². The third-order valence-corrected chi connectivity index (χ3v) is 2.75. The van der Waals surface area contributed by atoms with Gasteiger partial charge in [-0.25, -0.2) is 0 Å². The van der Waals surface area contributed by atoms with Crippen molar-refractivity contribution < 1.29 is 19.3 Å². The number of hydrogen-bond acceptors (Lipinski definition) is 5. The normalized spacial score (nSPS) is 10.0. The van der Waals surface area contributed by atoms with Gasteiger partial charge in [0, 0.05) is 19.8 Å². The molecule has 0 atom stereocenters. The lowest BCUT2D eigenvalue weighted by Gasteiger charge is -2.12. The predicted octanol–water partition coefficient (Wildman–Crippen LogP) is 2.00. The van der Waals surface area contributed by atoms with Crippen LogP contribution in [0.15, 0.2) is 18.2 Å². The van der Waals surface area contributed by atoms with Gasteiger partial charge in [0.1, 0.15) is 6.61 Å². The Balaban J connectivity index is 0.00000400. The lowest BCUT2D eigenvalue weighted by atomic mass is 10.2. The Morgan fingerprint density at radius 1 is 1.19 bits per heavy atom. The summed E-state index contributed by atoms with van der Waals surface area (Å²) in [4.78, 5) is 0. The average Bonchev–Trinajstić information content (AvgIpc) is 2.49. The van der Waals surface area contributed by atoms with Crippen molar-refractivity contribution in [2.45, 2.75) is 19.9 Å². The van der Waals surface area contributed by atoms with Crippen LogP contribution in [0.5, 0.6) is 11.5 Å². The van der Waals surface area contributed by atoms with E-state index in [-0.39, 0.29) is 25.6 Å². The van der Waals surface area contributed by atoms with Crippen LogP contribution in [0.1, 0.15) is 18.9 Å². The van der Waals surface area contributed by atoms with Crippen LogP contribution < -0.4 is 14.8 Å². The minimum absolute atomic E-state index is 0. The van der Waals surface area contributed by atoms with E-state index in [2.05, 4.69) is 5.32 Å². The summed E-state index contributed by atoms with van der Waals surface area (Å²) in [7, 11) is 1.61. The van der Waals surface area contributed by atoms with Crippen LogP contribution >= 0.6 is 12.4 Å². The van der Waals surface area contributed by atoms with E-state index in [0.717, 1.165) is 38.3 Å². The highest BCUT2D eigenvalue weighted by atomic mass is 35.5. The number of aliphatic hydroxyl groups is 1. The fraction of sp³-hybridized carbons (Fsp3) is 0.600. The van der Waals surface area contributed by atoms with Crippen molar-refractivity contribution in [3.05, 3.63) is 23.8 Å². The molecule has 1 aromatic rings. The zero-order chi connectivity index (χ0) is 14.6. The first kappa shape index (κ1) is 20.0. The summed E-state index contributed by atoms with van der Waals surface area (Å²) in [6, 6.07) is 5.80. The Morgan fingerprint density at radius 3 is 2.67 bits per heavy atom. The van der Waals surface area contributed by atoms with Crippen LogP contribution in [-0.4, -0.2) is 45.2 Å². The fourth-order valence-electron chi connectivity index (χ4n) is 1.77. The van der Waals surface area contributed by atoms with Crippen LogP contribution in [0.3, 0.4) is 0 Å². The van der Waals surface area contributed by atoms with E-state index >= 15 is 0 Å². The molecule has 5 nitrogen and oxygen atoms in total. The van der Waals surface area contributed by atoms with Gasteiger partial charge in [0.2, 0.25) is 0 Å². The maximum absolute atomic E-state index is 8.76. The maximum atomic E-state index is 8.76. The van der Waals surface area contributed by atoms with E-state index in [0.29, 0.717) is 11.5 Å². The highest BCUT2D eigenvalue weighted by molar-refractivity contribution is 5.85. The number of methoxy groups -OCH3 is 1. The Labute approximate surface area is 133 Å². The quantitative estimate of drug-likeness (QED) is 0.611. The zero-order valence-corrected chi connectivity index (χ0v) is 13.6. The van der Waals surface area contributed by atoms with Crippen molar-refractivity contribution in [1.29, 1.82) is 0 Å². The van der Waals surface area contributed by atoms with Crippen LogP contribution in [0, 0.1) is 0 Å². The number of rotatable bonds is 11. The monoisotopic (exact) mass is 319 g/mol. The number of nitrogens with one attached hydrogen (secondary N) is 1. The number of benzene rings is 1. The lowest BCUT2D eigenvalue weighted by Crippen LogP contribution is -2.16. The van der Waals surface area contributed by atoms with Gasteiger partial charge in [0.15, 0.2) is 11.5 Å². The fourth-order valence-corrected chi connectivity index (χ4v) is 1.77. The Kier molecular flexibility index (Phi) is 12.1. The second-order valence-corrected chi connectivity index (χ2v) is 4.28. The summed E-state index contributed by atoms with van der Waals surface area (Å²) in [5.74, 6) is 1.34. The highest BCUT2D eigenvalue weighted by Gasteiger charge is 2.05.